The molecule has 8 N–H and O–H groups in total. The van der Waals surface area contributed by atoms with Crippen molar-refractivity contribution in [2.24, 2.45) is 0 Å². The third-order valence-electron chi connectivity index (χ3n) is 0. The van der Waals surface area contributed by atoms with Gasteiger partial charge >= 0.3 is 0 Å². The summed E-state index contributed by atoms with van der Waals surface area (Å²) in [5.41, 5.74) is 0. The van der Waals surface area contributed by atoms with E-state index in [4.69, 9.17) is 0 Å². The molecular weight excluding hydrogens is 64.0 g/mol. The fourth-order valence-corrected chi connectivity index (χ4v) is 0. The van der Waals surface area contributed by atoms with Gasteiger partial charge in [-0.25, -0.2) is 0 Å². The van der Waals surface area contributed by atoms with Crippen LogP contribution in [0.5, 0.6) is 0 Å². The fraction of sp³-hybridized carbons (Fsp3) is 0. The van der Waals surface area contributed by atoms with Crippen LogP contribution in [0.1, 0.15) is 1.43 Å². The van der Waals surface area contributed by atoms with Gasteiger partial charge in [-0.1, -0.05) is 0 Å². The minimum Gasteiger partial charge on any atom is -0.412 e. The van der Waals surface area contributed by atoms with E-state index in [1.54, 1.807) is 0 Å². The third-order valence-corrected chi connectivity index (χ3v) is 0. The highest BCUT2D eigenvalue weighted by molar-refractivity contribution is 0.827. The molecule has 0 atom stereocenters. The van der Waals surface area contributed by atoms with E-state index in [1.165, 1.54) is 0 Å². The Balaban J connectivity index is 0. The molecule has 0 rings (SSSR count). The first-order chi connectivity index (χ1) is 0. The van der Waals surface area contributed by atoms with Gasteiger partial charge in [0, 0.05) is 1.43 Å². The molecule has 0 saturated carbocycles. The predicted molar refractivity (Wildman–Crippen MR) is 16.6 cm³/mol. The first kappa shape index (κ1) is 1210. The summed E-state index contributed by atoms with van der Waals surface area (Å²) in [6.45, 7) is 0. The van der Waals surface area contributed by atoms with Gasteiger partial charge in [0.25, 0.3) is 0 Å². The molecule has 0 spiro atoms. The van der Waals surface area contributed by atoms with Crippen molar-refractivity contribution in [1.29, 1.82) is 0 Å². The summed E-state index contributed by atoms with van der Waals surface area (Å²) < 4.78 is 0. The van der Waals surface area contributed by atoms with Crippen molar-refractivity contribution in [1.82, 2.24) is 0 Å². The highest BCUT2D eigenvalue weighted by Crippen LogP contribution is -0.286. The normalized spacial score (nSPS) is 0. The van der Waals surface area contributed by atoms with Crippen LogP contribution in [0.3, 0.4) is 0 Å². The molecule has 0 aromatic carbocycles. The number of hydrogen-bond acceptors (Lipinski definition) is 0. The van der Waals surface area contributed by atoms with Crippen LogP contribution < -0.4 is 0 Å². The quantitative estimate of drug-likeness (QED) is 0.289. The number of rotatable bonds is 0. The monoisotopic (exact) mass is 74.1 g/mol. The van der Waals surface area contributed by atoms with E-state index in [-0.39, 0.29) is 23.3 Å². The van der Waals surface area contributed by atoms with Crippen LogP contribution in [0.4, 0.5) is 0 Å². The molecule has 34 valence electrons. The SMILES string of the molecule is O.O.O.O.[HH]. The second kappa shape index (κ2) is 376. The minimum absolute atomic E-state index is 0. The molecule has 0 heterocycles. The third kappa shape index (κ3) is 50.7. The smallest absolute Gasteiger partial charge is 0 e. The van der Waals surface area contributed by atoms with Crippen LogP contribution in [-0.4, -0.2) is 21.9 Å². The molecular formula is H10O4. The average molecular weight is 74.1 g/mol. The first-order valence-electron chi connectivity index (χ1n) is 0. The van der Waals surface area contributed by atoms with Crippen molar-refractivity contribution in [2.75, 3.05) is 0 Å². The Morgan fingerprint density at radius 3 is 0.500 bits per heavy atom. The van der Waals surface area contributed by atoms with E-state index in [9.17, 15) is 0 Å². The summed E-state index contributed by atoms with van der Waals surface area (Å²) in [5.74, 6) is 0. The molecule has 0 bridgehead atoms. The Morgan fingerprint density at radius 2 is 0.500 bits per heavy atom. The maximum Gasteiger partial charge on any atom is 0 e. The zero-order valence-electron chi connectivity index (χ0n) is 2.00. The molecule has 0 aliphatic heterocycles. The molecule has 0 unspecified atom stereocenters. The largest absolute Gasteiger partial charge is 0.412 e. The van der Waals surface area contributed by atoms with Crippen LogP contribution >= 0.6 is 0 Å². The van der Waals surface area contributed by atoms with Gasteiger partial charge in [-0.05, 0) is 0 Å². The Morgan fingerprint density at radius 1 is 0.500 bits per heavy atom. The minimum atomic E-state index is 0. The molecule has 4 nitrogen and oxygen atoms in total. The Kier molecular flexibility index (Phi) is 114000. The van der Waals surface area contributed by atoms with Gasteiger partial charge in [-0.3, -0.25) is 0 Å². The topological polar surface area (TPSA) is 126 Å². The summed E-state index contributed by atoms with van der Waals surface area (Å²) in [7, 11) is 0. The summed E-state index contributed by atoms with van der Waals surface area (Å²) >= 11 is 0. The van der Waals surface area contributed by atoms with Gasteiger partial charge in [0.15, 0.2) is 0 Å². The van der Waals surface area contributed by atoms with E-state index < -0.39 is 0 Å². The summed E-state index contributed by atoms with van der Waals surface area (Å²) in [5, 5.41) is 0. The molecule has 0 aliphatic rings. The fourth-order valence-electron chi connectivity index (χ4n) is 0. The zero-order chi connectivity index (χ0) is 0. The van der Waals surface area contributed by atoms with Gasteiger partial charge in [0.1, 0.15) is 0 Å². The van der Waals surface area contributed by atoms with E-state index >= 15 is 0 Å². The van der Waals surface area contributed by atoms with Crippen LogP contribution in [0.15, 0.2) is 0 Å². The maximum atomic E-state index is 0. The van der Waals surface area contributed by atoms with Crippen LogP contribution in [0.2, 0.25) is 0 Å². The average Bonchev–Trinajstić information content (AvgIpc) is 0. The number of hydrogen-bond donors (Lipinski definition) is 0. The van der Waals surface area contributed by atoms with Gasteiger partial charge in [0.2, 0.25) is 0 Å². The second-order valence-corrected chi connectivity index (χ2v) is 0. The van der Waals surface area contributed by atoms with Gasteiger partial charge in [-0.2, -0.15) is 0 Å². The molecule has 0 saturated heterocycles. The Bertz CT molecular complexity index is 3.61. The Labute approximate surface area is 24.8 Å². The zero-order valence-corrected chi connectivity index (χ0v) is 2.00. The van der Waals surface area contributed by atoms with E-state index in [0.717, 1.165) is 0 Å². The lowest BCUT2D eigenvalue weighted by molar-refractivity contribution is 0.823. The molecule has 4 heteroatoms. The highest BCUT2D eigenvalue weighted by Gasteiger charge is -0.409. The molecule has 0 amide bonds. The van der Waals surface area contributed by atoms with E-state index in [1.807, 2.05) is 0 Å². The van der Waals surface area contributed by atoms with Gasteiger partial charge in [-0.15, -0.1) is 0 Å². The summed E-state index contributed by atoms with van der Waals surface area (Å²) in [6.07, 6.45) is 0. The van der Waals surface area contributed by atoms with Crippen molar-refractivity contribution >= 4 is 0 Å². The second-order valence-electron chi connectivity index (χ2n) is 0. The van der Waals surface area contributed by atoms with Crippen molar-refractivity contribution in [2.45, 2.75) is 0 Å². The summed E-state index contributed by atoms with van der Waals surface area (Å²) in [4.78, 5) is 0. The van der Waals surface area contributed by atoms with E-state index in [0.29, 0.717) is 0 Å². The lowest BCUT2D eigenvalue weighted by atomic mass is 16.0. The molecule has 4 heavy (non-hydrogen) atoms. The van der Waals surface area contributed by atoms with Crippen LogP contribution in [0, 0.1) is 0 Å². The van der Waals surface area contributed by atoms with Crippen molar-refractivity contribution in [3.63, 3.8) is 0 Å². The predicted octanol–water partition coefficient (Wildman–Crippen LogP) is -3.05. The lowest BCUT2D eigenvalue weighted by Gasteiger charge is -0.413. The van der Waals surface area contributed by atoms with Gasteiger partial charge in [0.05, 0.1) is 0 Å². The van der Waals surface area contributed by atoms with Crippen molar-refractivity contribution in [3.8, 4) is 0 Å². The van der Waals surface area contributed by atoms with Crippen LogP contribution in [-0.2, 0) is 0 Å². The lowest BCUT2D eigenvalue weighted by Crippen LogP contribution is -0.290. The summed E-state index contributed by atoms with van der Waals surface area (Å²) in [6, 6.07) is 0. The van der Waals surface area contributed by atoms with Crippen molar-refractivity contribution in [3.05, 3.63) is 0 Å². The maximum absolute atomic E-state index is 0. The van der Waals surface area contributed by atoms with E-state index in [2.05, 4.69) is 0 Å². The van der Waals surface area contributed by atoms with Gasteiger partial charge < -0.3 is 21.9 Å². The standard InChI is InChI=1S/4H2O.H2/h4*1H2;1H. The highest BCUT2D eigenvalue weighted by atomic mass is 16.0. The first-order valence-corrected chi connectivity index (χ1v) is 0. The molecule has 0 aliphatic carbocycles. The molecule has 0 aromatic heterocycles. The molecule has 0 radical (unpaired) electrons. The molecule has 0 fully saturated rings. The Hall–Kier alpha value is -0.160. The van der Waals surface area contributed by atoms with Crippen molar-refractivity contribution < 1.29 is 23.3 Å². The molecule has 0 aromatic rings. The van der Waals surface area contributed by atoms with Crippen LogP contribution in [0.25, 0.3) is 0 Å².